The molecule has 0 aliphatic heterocycles. The summed E-state index contributed by atoms with van der Waals surface area (Å²) in [5, 5.41) is 0. The number of hydrogen-bond acceptors (Lipinski definition) is 5. The van der Waals surface area contributed by atoms with Gasteiger partial charge in [0.1, 0.15) is 11.6 Å². The topological polar surface area (TPSA) is 217 Å². The highest BCUT2D eigenvalue weighted by Crippen LogP contribution is 1.95. The van der Waals surface area contributed by atoms with Gasteiger partial charge in [0.05, 0.1) is 18.6 Å². The lowest BCUT2D eigenvalue weighted by molar-refractivity contribution is -0.459. The number of carbonyl (C=O) groups is 2. The summed E-state index contributed by atoms with van der Waals surface area (Å²) in [4.78, 5) is 27.8. The van der Waals surface area contributed by atoms with E-state index in [0.29, 0.717) is 25.9 Å². The molecule has 0 aliphatic rings. The van der Waals surface area contributed by atoms with Crippen molar-refractivity contribution in [2.45, 2.75) is 59.0 Å². The number of ketones is 2. The molecule has 0 aromatic carbocycles. The first-order valence-electron chi connectivity index (χ1n) is 7.77. The summed E-state index contributed by atoms with van der Waals surface area (Å²) in [6.07, 6.45) is 2.82. The van der Waals surface area contributed by atoms with Crippen molar-refractivity contribution in [1.29, 1.82) is 0 Å². The maximum absolute atomic E-state index is 10.7. The van der Waals surface area contributed by atoms with E-state index in [2.05, 4.69) is 9.98 Å². The first kappa shape index (κ1) is 31.6. The van der Waals surface area contributed by atoms with Crippen LogP contribution in [0.4, 0.5) is 0 Å². The number of hydrogen-bond donors (Lipinski definition) is 7. The van der Waals surface area contributed by atoms with Gasteiger partial charge >= 0.3 is 5.96 Å². The van der Waals surface area contributed by atoms with E-state index in [-0.39, 0.29) is 50.4 Å². The molecule has 0 fully saturated rings. The lowest BCUT2D eigenvalue weighted by Gasteiger charge is -2.04. The van der Waals surface area contributed by atoms with Crippen molar-refractivity contribution in [2.24, 2.45) is 39.4 Å². The van der Waals surface area contributed by atoms with Crippen molar-refractivity contribution in [3.05, 3.63) is 7.43 Å². The zero-order valence-electron chi connectivity index (χ0n) is 15.6. The van der Waals surface area contributed by atoms with Crippen LogP contribution in [0.25, 0.3) is 0 Å². The van der Waals surface area contributed by atoms with Crippen LogP contribution >= 0.6 is 0 Å². The van der Waals surface area contributed by atoms with Crippen LogP contribution in [0, 0.1) is 7.43 Å². The zero-order valence-corrected chi connectivity index (χ0v) is 15.6. The van der Waals surface area contributed by atoms with Crippen LogP contribution < -0.4 is 39.4 Å². The van der Waals surface area contributed by atoms with E-state index in [0.717, 1.165) is 12.8 Å². The maximum Gasteiger partial charge on any atom is 0.338 e. The minimum atomic E-state index is -0.376. The second kappa shape index (κ2) is 19.1. The van der Waals surface area contributed by atoms with Crippen molar-refractivity contribution in [1.82, 2.24) is 0 Å². The van der Waals surface area contributed by atoms with Crippen molar-refractivity contribution >= 4 is 23.5 Å². The van der Waals surface area contributed by atoms with E-state index in [1.165, 1.54) is 13.8 Å². The average Bonchev–Trinajstić information content (AvgIpc) is 2.47. The molecule has 26 heavy (non-hydrogen) atoms. The molecule has 2 atom stereocenters. The summed E-state index contributed by atoms with van der Waals surface area (Å²) >= 11 is 0. The van der Waals surface area contributed by atoms with Crippen LogP contribution in [0.5, 0.6) is 0 Å². The monoisotopic (exact) mass is 376 g/mol. The maximum atomic E-state index is 10.7. The fourth-order valence-corrected chi connectivity index (χ4v) is 1.48. The number of nitrogens with two attached hydrogens (primary N) is 6. The van der Waals surface area contributed by atoms with Gasteiger partial charge in [-0.05, 0) is 39.5 Å². The number of nitrogens with one attached hydrogen (secondary N) is 1. The number of Topliss-reactive ketones (excluding diaryl/α,β-unsaturated/α-hetero) is 2. The first-order valence-corrected chi connectivity index (χ1v) is 7.77. The summed E-state index contributed by atoms with van der Waals surface area (Å²) in [7, 11) is 0. The molecule has 0 spiro atoms. The Balaban J connectivity index is -0.000000173. The van der Waals surface area contributed by atoms with E-state index in [1.54, 1.807) is 0 Å². The summed E-state index contributed by atoms with van der Waals surface area (Å²) in [5.74, 6) is 0.289. The number of rotatable bonds is 10. The Morgan fingerprint density at radius 2 is 1.35 bits per heavy atom. The highest BCUT2D eigenvalue weighted by molar-refractivity contribution is 5.81. The van der Waals surface area contributed by atoms with Crippen LogP contribution in [0.2, 0.25) is 0 Å². The highest BCUT2D eigenvalue weighted by atomic mass is 16.1. The minimum Gasteiger partial charge on any atom is -0.370 e. The molecule has 0 aromatic heterocycles. The second-order valence-corrected chi connectivity index (χ2v) is 5.41. The largest absolute Gasteiger partial charge is 0.370 e. The molecule has 0 amide bonds. The SMILES string of the molecule is C.CC(=O)[C@@H](N)CCCN=C(N)N.CC(=O)[C@@H](N)CCC[NH+]=C(N)N.[CH3-]. The summed E-state index contributed by atoms with van der Waals surface area (Å²) in [6, 6.07) is -0.731. The van der Waals surface area contributed by atoms with Gasteiger partial charge in [0.25, 0.3) is 0 Å². The molecule has 13 N–H and O–H groups in total. The Morgan fingerprint density at radius 1 is 0.923 bits per heavy atom. The van der Waals surface area contributed by atoms with Crippen LogP contribution in [-0.4, -0.2) is 48.7 Å². The standard InChI is InChI=1S/2C7H16N4O.CH4.CH3/c2*1-5(12)6(8)3-2-4-11-7(9)10;;/h2*6H,2-4,8H2,1H3,(H4,9,10,11);1H4;1H3/q;;;-1/p+1/t2*6-;;/m00../s1. The molecule has 0 aliphatic carbocycles. The van der Waals surface area contributed by atoms with Gasteiger partial charge in [-0.15, -0.1) is 0 Å². The summed E-state index contributed by atoms with van der Waals surface area (Å²) < 4.78 is 0. The molecule has 0 saturated carbocycles. The molecular formula is C16H40N8O2. The highest BCUT2D eigenvalue weighted by Gasteiger charge is 2.06. The molecule has 0 unspecified atom stereocenters. The zero-order chi connectivity index (χ0) is 19.1. The average molecular weight is 377 g/mol. The van der Waals surface area contributed by atoms with Gasteiger partial charge in [0.15, 0.2) is 5.96 Å². The first-order chi connectivity index (χ1) is 11.1. The number of carbonyl (C=O) groups excluding carboxylic acids is 2. The van der Waals surface area contributed by atoms with Crippen LogP contribution in [0.15, 0.2) is 4.99 Å². The van der Waals surface area contributed by atoms with E-state index < -0.39 is 0 Å². The predicted molar refractivity (Wildman–Crippen MR) is 109 cm³/mol. The van der Waals surface area contributed by atoms with Gasteiger partial charge in [0.2, 0.25) is 0 Å². The van der Waals surface area contributed by atoms with Crippen LogP contribution in [0.1, 0.15) is 47.0 Å². The molecule has 0 heterocycles. The fourth-order valence-electron chi connectivity index (χ4n) is 1.48. The molecule has 10 heteroatoms. The summed E-state index contributed by atoms with van der Waals surface area (Å²) in [6.45, 7) is 4.15. The minimum absolute atomic E-state index is 0. The van der Waals surface area contributed by atoms with Crippen LogP contribution in [-0.2, 0) is 9.59 Å². The van der Waals surface area contributed by atoms with Gasteiger partial charge in [-0.2, -0.15) is 0 Å². The quantitative estimate of drug-likeness (QED) is 0.0904. The molecule has 0 saturated heterocycles. The Kier molecular flexibility index (Phi) is 23.2. The molecule has 0 rings (SSSR count). The van der Waals surface area contributed by atoms with Gasteiger partial charge in [0, 0.05) is 6.54 Å². The number of guanidine groups is 2. The Morgan fingerprint density at radius 3 is 1.69 bits per heavy atom. The van der Waals surface area contributed by atoms with E-state index in [4.69, 9.17) is 34.4 Å². The van der Waals surface area contributed by atoms with Crippen molar-refractivity contribution in [2.75, 3.05) is 13.1 Å². The van der Waals surface area contributed by atoms with Crippen LogP contribution in [0.3, 0.4) is 0 Å². The number of nitrogens with zero attached hydrogens (tertiary/aromatic N) is 1. The second-order valence-electron chi connectivity index (χ2n) is 5.41. The Labute approximate surface area is 157 Å². The van der Waals surface area contributed by atoms with Crippen molar-refractivity contribution in [3.8, 4) is 0 Å². The van der Waals surface area contributed by atoms with Gasteiger partial charge in [-0.25, -0.2) is 0 Å². The number of aliphatic imine (C=N–C) groups is 1. The van der Waals surface area contributed by atoms with E-state index in [9.17, 15) is 9.59 Å². The van der Waals surface area contributed by atoms with E-state index >= 15 is 0 Å². The molecule has 10 nitrogen and oxygen atoms in total. The predicted octanol–water partition coefficient (Wildman–Crippen LogP) is -2.92. The van der Waals surface area contributed by atoms with Crippen molar-refractivity contribution < 1.29 is 14.6 Å². The summed E-state index contributed by atoms with van der Waals surface area (Å²) in [5.41, 5.74) is 31.5. The van der Waals surface area contributed by atoms with E-state index in [1.807, 2.05) is 0 Å². The molecular weight excluding hydrogens is 336 g/mol. The van der Waals surface area contributed by atoms with Gasteiger partial charge < -0.3 is 30.4 Å². The van der Waals surface area contributed by atoms with Gasteiger partial charge in [-0.3, -0.25) is 31.0 Å². The van der Waals surface area contributed by atoms with Gasteiger partial charge in [-0.1, -0.05) is 7.43 Å². The normalized spacial score (nSPS) is 11.2. The molecule has 0 radical (unpaired) electrons. The Bertz CT molecular complexity index is 390. The smallest absolute Gasteiger partial charge is 0.338 e. The lowest BCUT2D eigenvalue weighted by atomic mass is 10.1. The Hall–Kier alpha value is -2.20. The third kappa shape index (κ3) is 24.1. The lowest BCUT2D eigenvalue weighted by Crippen LogP contribution is -2.78. The fraction of sp³-hybridized carbons (Fsp3) is 0.688. The third-order valence-corrected chi connectivity index (χ3v) is 3.03. The molecule has 0 aromatic rings. The molecule has 156 valence electrons. The van der Waals surface area contributed by atoms with Crippen molar-refractivity contribution in [3.63, 3.8) is 0 Å². The third-order valence-electron chi connectivity index (χ3n) is 3.03. The molecule has 0 bridgehead atoms.